The maximum absolute atomic E-state index is 13.4. The van der Waals surface area contributed by atoms with Crippen LogP contribution in [0.15, 0.2) is 12.1 Å². The normalized spacial score (nSPS) is 21.8. The molecule has 2 nitrogen and oxygen atoms in total. The van der Waals surface area contributed by atoms with Gasteiger partial charge in [-0.15, -0.1) is 0 Å². The van der Waals surface area contributed by atoms with E-state index in [0.29, 0.717) is 16.5 Å². The third-order valence-corrected chi connectivity index (χ3v) is 3.69. The van der Waals surface area contributed by atoms with Gasteiger partial charge in [0.05, 0.1) is 6.61 Å². The lowest BCUT2D eigenvalue weighted by atomic mass is 9.91. The monoisotopic (exact) mass is 257 g/mol. The van der Waals surface area contributed by atoms with Crippen LogP contribution >= 0.6 is 11.6 Å². The van der Waals surface area contributed by atoms with E-state index in [0.717, 1.165) is 25.2 Å². The van der Waals surface area contributed by atoms with E-state index in [2.05, 4.69) is 5.32 Å². The van der Waals surface area contributed by atoms with E-state index in [1.54, 1.807) is 6.92 Å². The van der Waals surface area contributed by atoms with Gasteiger partial charge in [-0.3, -0.25) is 0 Å². The molecule has 1 aromatic carbocycles. The largest absolute Gasteiger partial charge is 0.381 e. The summed E-state index contributed by atoms with van der Waals surface area (Å²) < 4.78 is 18.8. The summed E-state index contributed by atoms with van der Waals surface area (Å²) in [6.07, 6.45) is 1.01. The standard InChI is InChI=1S/C13H17ClFNO/c1-8-5-10(11(14)6-12(8)15)13(16-2)9-3-4-17-7-9/h5-6,9,13,16H,3-4,7H2,1-2H3. The zero-order chi connectivity index (χ0) is 12.4. The summed E-state index contributed by atoms with van der Waals surface area (Å²) in [7, 11) is 1.90. The Balaban J connectivity index is 2.32. The number of rotatable bonds is 3. The first-order valence-electron chi connectivity index (χ1n) is 5.84. The average Bonchev–Trinajstić information content (AvgIpc) is 2.80. The SMILES string of the molecule is CNC(c1cc(C)c(F)cc1Cl)C1CCOC1. The third kappa shape index (κ3) is 2.62. The third-order valence-electron chi connectivity index (χ3n) is 3.36. The second-order valence-corrected chi connectivity index (χ2v) is 4.92. The van der Waals surface area contributed by atoms with Gasteiger partial charge in [0.25, 0.3) is 0 Å². The van der Waals surface area contributed by atoms with Gasteiger partial charge in [0.1, 0.15) is 5.82 Å². The van der Waals surface area contributed by atoms with E-state index in [4.69, 9.17) is 16.3 Å². The van der Waals surface area contributed by atoms with Crippen molar-refractivity contribution in [1.82, 2.24) is 5.32 Å². The Morgan fingerprint density at radius 2 is 2.29 bits per heavy atom. The van der Waals surface area contributed by atoms with Crippen LogP contribution in [0.4, 0.5) is 4.39 Å². The highest BCUT2D eigenvalue weighted by Gasteiger charge is 2.27. The molecule has 1 N–H and O–H groups in total. The van der Waals surface area contributed by atoms with Crippen molar-refractivity contribution in [3.05, 3.63) is 34.1 Å². The molecule has 1 heterocycles. The molecule has 2 rings (SSSR count). The molecular formula is C13H17ClFNO. The Kier molecular flexibility index (Phi) is 4.02. The van der Waals surface area contributed by atoms with Crippen LogP contribution in [0.25, 0.3) is 0 Å². The second-order valence-electron chi connectivity index (χ2n) is 4.51. The number of hydrogen-bond donors (Lipinski definition) is 1. The van der Waals surface area contributed by atoms with Gasteiger partial charge in [0.15, 0.2) is 0 Å². The molecule has 0 aliphatic carbocycles. The summed E-state index contributed by atoms with van der Waals surface area (Å²) in [5, 5.41) is 3.75. The van der Waals surface area contributed by atoms with Crippen LogP contribution < -0.4 is 5.32 Å². The van der Waals surface area contributed by atoms with E-state index < -0.39 is 0 Å². The summed E-state index contributed by atoms with van der Waals surface area (Å²) in [4.78, 5) is 0. The number of ether oxygens (including phenoxy) is 1. The van der Waals surface area contributed by atoms with Gasteiger partial charge in [-0.1, -0.05) is 17.7 Å². The fraction of sp³-hybridized carbons (Fsp3) is 0.538. The van der Waals surface area contributed by atoms with Crippen LogP contribution in [-0.2, 0) is 4.74 Å². The molecule has 1 aliphatic rings. The van der Waals surface area contributed by atoms with E-state index >= 15 is 0 Å². The Morgan fingerprint density at radius 3 is 2.88 bits per heavy atom. The molecule has 17 heavy (non-hydrogen) atoms. The predicted octanol–water partition coefficient (Wildman–Crippen LogP) is 3.08. The minimum atomic E-state index is -0.253. The van der Waals surface area contributed by atoms with Crippen molar-refractivity contribution in [2.24, 2.45) is 5.92 Å². The van der Waals surface area contributed by atoms with Crippen LogP contribution in [0, 0.1) is 18.7 Å². The van der Waals surface area contributed by atoms with E-state index in [1.165, 1.54) is 6.07 Å². The smallest absolute Gasteiger partial charge is 0.127 e. The number of halogens is 2. The molecular weight excluding hydrogens is 241 g/mol. The molecule has 2 atom stereocenters. The topological polar surface area (TPSA) is 21.3 Å². The van der Waals surface area contributed by atoms with Crippen molar-refractivity contribution < 1.29 is 9.13 Å². The molecule has 1 aromatic rings. The molecule has 0 bridgehead atoms. The van der Waals surface area contributed by atoms with Gasteiger partial charge in [-0.05, 0) is 37.6 Å². The minimum Gasteiger partial charge on any atom is -0.381 e. The fourth-order valence-corrected chi connectivity index (χ4v) is 2.65. The Labute approximate surface area is 106 Å². The summed E-state index contributed by atoms with van der Waals surface area (Å²) >= 11 is 6.13. The first-order chi connectivity index (χ1) is 8.13. The minimum absolute atomic E-state index is 0.129. The first kappa shape index (κ1) is 12.8. The van der Waals surface area contributed by atoms with Gasteiger partial charge in [-0.25, -0.2) is 4.39 Å². The summed E-state index contributed by atoms with van der Waals surface area (Å²) in [6, 6.07) is 3.35. The Morgan fingerprint density at radius 1 is 1.53 bits per heavy atom. The van der Waals surface area contributed by atoms with Gasteiger partial charge < -0.3 is 10.1 Å². The summed E-state index contributed by atoms with van der Waals surface area (Å²) in [5.74, 6) is 0.152. The van der Waals surface area contributed by atoms with Crippen LogP contribution in [0.1, 0.15) is 23.6 Å². The highest BCUT2D eigenvalue weighted by molar-refractivity contribution is 6.31. The molecule has 0 radical (unpaired) electrons. The molecule has 1 aliphatic heterocycles. The van der Waals surface area contributed by atoms with Crippen molar-refractivity contribution in [1.29, 1.82) is 0 Å². The van der Waals surface area contributed by atoms with Crippen LogP contribution in [0.3, 0.4) is 0 Å². The average molecular weight is 258 g/mol. The highest BCUT2D eigenvalue weighted by atomic mass is 35.5. The lowest BCUT2D eigenvalue weighted by Crippen LogP contribution is -2.26. The predicted molar refractivity (Wildman–Crippen MR) is 66.9 cm³/mol. The quantitative estimate of drug-likeness (QED) is 0.899. The lowest BCUT2D eigenvalue weighted by Gasteiger charge is -2.23. The van der Waals surface area contributed by atoms with Crippen molar-refractivity contribution in [2.75, 3.05) is 20.3 Å². The van der Waals surface area contributed by atoms with E-state index in [-0.39, 0.29) is 11.9 Å². The Bertz CT molecular complexity index is 405. The van der Waals surface area contributed by atoms with E-state index in [9.17, 15) is 4.39 Å². The highest BCUT2D eigenvalue weighted by Crippen LogP contribution is 2.33. The van der Waals surface area contributed by atoms with Crippen molar-refractivity contribution in [3.8, 4) is 0 Å². The van der Waals surface area contributed by atoms with Gasteiger partial charge in [0, 0.05) is 23.6 Å². The molecule has 0 amide bonds. The van der Waals surface area contributed by atoms with Crippen LogP contribution in [0.2, 0.25) is 5.02 Å². The molecule has 0 saturated carbocycles. The molecule has 0 spiro atoms. The molecule has 4 heteroatoms. The number of aryl methyl sites for hydroxylation is 1. The number of benzene rings is 1. The zero-order valence-corrected chi connectivity index (χ0v) is 10.9. The Hall–Kier alpha value is -0.640. The van der Waals surface area contributed by atoms with Crippen LogP contribution in [0.5, 0.6) is 0 Å². The molecule has 2 unspecified atom stereocenters. The zero-order valence-electron chi connectivity index (χ0n) is 10.1. The van der Waals surface area contributed by atoms with Crippen molar-refractivity contribution in [3.63, 3.8) is 0 Å². The molecule has 1 saturated heterocycles. The van der Waals surface area contributed by atoms with Gasteiger partial charge >= 0.3 is 0 Å². The van der Waals surface area contributed by atoms with Gasteiger partial charge in [0.2, 0.25) is 0 Å². The molecule has 94 valence electrons. The fourth-order valence-electron chi connectivity index (χ4n) is 2.38. The van der Waals surface area contributed by atoms with Crippen LogP contribution in [-0.4, -0.2) is 20.3 Å². The lowest BCUT2D eigenvalue weighted by molar-refractivity contribution is 0.178. The number of hydrogen-bond acceptors (Lipinski definition) is 2. The molecule has 1 fully saturated rings. The maximum Gasteiger partial charge on any atom is 0.127 e. The van der Waals surface area contributed by atoms with Gasteiger partial charge in [-0.2, -0.15) is 0 Å². The van der Waals surface area contributed by atoms with Crippen molar-refractivity contribution >= 4 is 11.6 Å². The second kappa shape index (κ2) is 5.34. The maximum atomic E-state index is 13.4. The summed E-state index contributed by atoms with van der Waals surface area (Å²) in [5.41, 5.74) is 1.59. The molecule has 0 aromatic heterocycles. The first-order valence-corrected chi connectivity index (χ1v) is 6.22. The summed E-state index contributed by atoms with van der Waals surface area (Å²) in [6.45, 7) is 3.28. The number of nitrogens with one attached hydrogen (secondary N) is 1. The van der Waals surface area contributed by atoms with Crippen molar-refractivity contribution in [2.45, 2.75) is 19.4 Å². The van der Waals surface area contributed by atoms with E-state index in [1.807, 2.05) is 13.1 Å².